The van der Waals surface area contributed by atoms with Crippen LogP contribution in [0.1, 0.15) is 39.4 Å². The van der Waals surface area contributed by atoms with Gasteiger partial charge in [-0.15, -0.1) is 0 Å². The van der Waals surface area contributed by atoms with Crippen molar-refractivity contribution < 1.29 is 45.4 Å². The number of likely N-dealkylation sites (tertiary alicyclic amines) is 1. The van der Waals surface area contributed by atoms with Crippen molar-refractivity contribution in [2.75, 3.05) is 13.1 Å². The first-order chi connectivity index (χ1) is 15.3. The fourth-order valence-corrected chi connectivity index (χ4v) is 3.68. The van der Waals surface area contributed by atoms with Crippen LogP contribution in [0.15, 0.2) is 42.5 Å². The number of halogens is 7. The SMILES string of the molecule is O=C(N[C@@H]1CCN(C(=O)O)C[C@H]1c1ccc(F)cc1)c1cc(C(F)(F)F)cc(C(F)(F)F)c1. The van der Waals surface area contributed by atoms with Gasteiger partial charge in [0.25, 0.3) is 5.91 Å². The van der Waals surface area contributed by atoms with E-state index in [2.05, 4.69) is 5.32 Å². The van der Waals surface area contributed by atoms with Gasteiger partial charge in [-0.3, -0.25) is 4.79 Å². The van der Waals surface area contributed by atoms with Crippen molar-refractivity contribution >= 4 is 12.0 Å². The Kier molecular flexibility index (Phi) is 6.57. The Morgan fingerprint density at radius 3 is 1.97 bits per heavy atom. The normalized spacial score (nSPS) is 19.3. The van der Waals surface area contributed by atoms with Crippen LogP contribution < -0.4 is 5.32 Å². The molecule has 5 nitrogen and oxygen atoms in total. The standard InChI is InChI=1S/C21H17F7N2O3/c22-15-3-1-11(2-4-15)16-10-30(19(32)33)6-5-17(16)29-18(31)12-7-13(20(23,24)25)9-14(8-12)21(26,27)28/h1-4,7-9,16-17H,5-6,10H2,(H,29,31)(H,32,33)/t16-,17+/m0/s1. The van der Waals surface area contributed by atoms with Crippen LogP contribution in [0.5, 0.6) is 0 Å². The molecule has 1 fully saturated rings. The highest BCUT2D eigenvalue weighted by Gasteiger charge is 2.38. The molecular formula is C21H17F7N2O3. The molecule has 0 radical (unpaired) electrons. The van der Waals surface area contributed by atoms with Gasteiger partial charge in [0.1, 0.15) is 5.82 Å². The molecule has 3 rings (SSSR count). The molecule has 0 aliphatic carbocycles. The van der Waals surface area contributed by atoms with Gasteiger partial charge in [-0.25, -0.2) is 9.18 Å². The first-order valence-electron chi connectivity index (χ1n) is 9.59. The van der Waals surface area contributed by atoms with Gasteiger partial charge in [0, 0.05) is 30.6 Å². The Labute approximate surface area is 182 Å². The summed E-state index contributed by atoms with van der Waals surface area (Å²) in [5, 5.41) is 11.7. The minimum atomic E-state index is -5.11. The van der Waals surface area contributed by atoms with Gasteiger partial charge in [0.05, 0.1) is 11.1 Å². The monoisotopic (exact) mass is 478 g/mol. The smallest absolute Gasteiger partial charge is 0.416 e. The van der Waals surface area contributed by atoms with E-state index in [1.807, 2.05) is 0 Å². The summed E-state index contributed by atoms with van der Waals surface area (Å²) < 4.78 is 91.9. The van der Waals surface area contributed by atoms with Crippen molar-refractivity contribution in [1.29, 1.82) is 0 Å². The zero-order valence-electron chi connectivity index (χ0n) is 16.7. The van der Waals surface area contributed by atoms with E-state index in [9.17, 15) is 45.4 Å². The van der Waals surface area contributed by atoms with Crippen LogP contribution in [0, 0.1) is 5.82 Å². The van der Waals surface area contributed by atoms with Crippen LogP contribution in [0.3, 0.4) is 0 Å². The summed E-state index contributed by atoms with van der Waals surface area (Å²) in [6, 6.07) is 4.74. The van der Waals surface area contributed by atoms with Crippen molar-refractivity contribution in [3.05, 3.63) is 70.5 Å². The molecule has 33 heavy (non-hydrogen) atoms. The third-order valence-electron chi connectivity index (χ3n) is 5.35. The maximum Gasteiger partial charge on any atom is 0.416 e. The molecule has 1 saturated heterocycles. The van der Waals surface area contributed by atoms with E-state index in [1.165, 1.54) is 12.1 Å². The zero-order chi connectivity index (χ0) is 24.6. The first-order valence-corrected chi connectivity index (χ1v) is 9.59. The average molecular weight is 478 g/mol. The van der Waals surface area contributed by atoms with Gasteiger partial charge in [0.2, 0.25) is 0 Å². The summed E-state index contributed by atoms with van der Waals surface area (Å²) in [5.74, 6) is -2.44. The van der Waals surface area contributed by atoms with Crippen molar-refractivity contribution in [3.8, 4) is 0 Å². The molecule has 1 aliphatic heterocycles. The second-order valence-corrected chi connectivity index (χ2v) is 7.55. The highest BCUT2D eigenvalue weighted by atomic mass is 19.4. The van der Waals surface area contributed by atoms with Gasteiger partial charge in [-0.2, -0.15) is 26.3 Å². The van der Waals surface area contributed by atoms with Crippen molar-refractivity contribution in [3.63, 3.8) is 0 Å². The third kappa shape index (κ3) is 5.74. The molecule has 2 aromatic carbocycles. The number of benzene rings is 2. The fraction of sp³-hybridized carbons (Fsp3) is 0.333. The summed E-state index contributed by atoms with van der Waals surface area (Å²) in [4.78, 5) is 25.1. The Hall–Kier alpha value is -3.31. The average Bonchev–Trinajstić information content (AvgIpc) is 2.73. The van der Waals surface area contributed by atoms with Crippen LogP contribution in [0.2, 0.25) is 0 Å². The second-order valence-electron chi connectivity index (χ2n) is 7.55. The number of rotatable bonds is 3. The number of amides is 2. The van der Waals surface area contributed by atoms with E-state index in [4.69, 9.17) is 0 Å². The molecule has 1 heterocycles. The van der Waals surface area contributed by atoms with Crippen LogP contribution in [0.4, 0.5) is 35.5 Å². The van der Waals surface area contributed by atoms with Crippen molar-refractivity contribution in [1.82, 2.24) is 10.2 Å². The molecule has 12 heteroatoms. The van der Waals surface area contributed by atoms with E-state index in [1.54, 1.807) is 0 Å². The summed E-state index contributed by atoms with van der Waals surface area (Å²) >= 11 is 0. The number of carbonyl (C=O) groups is 2. The van der Waals surface area contributed by atoms with E-state index in [-0.39, 0.29) is 25.6 Å². The topological polar surface area (TPSA) is 69.6 Å². The molecule has 1 aliphatic rings. The summed E-state index contributed by atoms with van der Waals surface area (Å²) in [5.41, 5.74) is -3.64. The Morgan fingerprint density at radius 1 is 0.939 bits per heavy atom. The van der Waals surface area contributed by atoms with Crippen LogP contribution >= 0.6 is 0 Å². The van der Waals surface area contributed by atoms with Crippen LogP contribution in [0.25, 0.3) is 0 Å². The molecule has 0 bridgehead atoms. The predicted molar refractivity (Wildman–Crippen MR) is 101 cm³/mol. The molecule has 0 aromatic heterocycles. The van der Waals surface area contributed by atoms with Gasteiger partial charge in [-0.05, 0) is 42.3 Å². The number of nitrogens with one attached hydrogen (secondary N) is 1. The lowest BCUT2D eigenvalue weighted by Crippen LogP contribution is -2.51. The van der Waals surface area contributed by atoms with Gasteiger partial charge in [-0.1, -0.05) is 12.1 Å². The number of hydrogen-bond donors (Lipinski definition) is 2. The molecule has 2 amide bonds. The number of carboxylic acid groups (broad SMARTS) is 1. The van der Waals surface area contributed by atoms with Gasteiger partial charge in [0.15, 0.2) is 0 Å². The molecule has 0 unspecified atom stereocenters. The lowest BCUT2D eigenvalue weighted by molar-refractivity contribution is -0.143. The van der Waals surface area contributed by atoms with E-state index >= 15 is 0 Å². The largest absolute Gasteiger partial charge is 0.465 e. The van der Waals surface area contributed by atoms with E-state index < -0.39 is 58.8 Å². The number of hydrogen-bond acceptors (Lipinski definition) is 2. The Morgan fingerprint density at radius 2 is 1.48 bits per heavy atom. The molecule has 178 valence electrons. The molecular weight excluding hydrogens is 461 g/mol. The minimum Gasteiger partial charge on any atom is -0.465 e. The van der Waals surface area contributed by atoms with Crippen molar-refractivity contribution in [2.24, 2.45) is 0 Å². The van der Waals surface area contributed by atoms with Crippen LogP contribution in [-0.4, -0.2) is 41.1 Å². The quantitative estimate of drug-likeness (QED) is 0.602. The number of alkyl halides is 6. The number of piperidine rings is 1. The molecule has 2 aromatic rings. The summed E-state index contributed by atoms with van der Waals surface area (Å²) in [6.07, 6.45) is -11.4. The highest BCUT2D eigenvalue weighted by molar-refractivity contribution is 5.95. The lowest BCUT2D eigenvalue weighted by atomic mass is 9.85. The Bertz CT molecular complexity index is 1000. The van der Waals surface area contributed by atoms with E-state index in [0.717, 1.165) is 17.0 Å². The maximum absolute atomic E-state index is 13.3. The molecule has 2 atom stereocenters. The number of nitrogens with zero attached hydrogens (tertiary/aromatic N) is 1. The van der Waals surface area contributed by atoms with Crippen LogP contribution in [-0.2, 0) is 12.4 Å². The highest BCUT2D eigenvalue weighted by Crippen LogP contribution is 2.36. The maximum atomic E-state index is 13.3. The van der Waals surface area contributed by atoms with Gasteiger partial charge >= 0.3 is 18.4 Å². The lowest BCUT2D eigenvalue weighted by Gasteiger charge is -2.38. The second kappa shape index (κ2) is 8.91. The first kappa shape index (κ1) is 24.3. The molecule has 2 N–H and O–H groups in total. The minimum absolute atomic E-state index is 0.0195. The summed E-state index contributed by atoms with van der Waals surface area (Å²) in [6.45, 7) is -0.128. The Balaban J connectivity index is 1.92. The molecule has 0 saturated carbocycles. The van der Waals surface area contributed by atoms with Gasteiger partial charge < -0.3 is 15.3 Å². The fourth-order valence-electron chi connectivity index (χ4n) is 3.68. The predicted octanol–water partition coefficient (Wildman–Crippen LogP) is 5.13. The third-order valence-corrected chi connectivity index (χ3v) is 5.35. The molecule has 0 spiro atoms. The summed E-state index contributed by atoms with van der Waals surface area (Å²) in [7, 11) is 0. The number of carbonyl (C=O) groups excluding carboxylic acids is 1. The van der Waals surface area contributed by atoms with Crippen molar-refractivity contribution in [2.45, 2.75) is 30.7 Å². The zero-order valence-corrected chi connectivity index (χ0v) is 16.7. The van der Waals surface area contributed by atoms with E-state index in [0.29, 0.717) is 17.7 Å².